The number of cyclic esters (lactones) is 1. The van der Waals surface area contributed by atoms with Crippen LogP contribution >= 0.6 is 0 Å². The summed E-state index contributed by atoms with van der Waals surface area (Å²) < 4.78 is 6.59. The molecule has 3 rings (SSSR count). The first-order valence-corrected chi connectivity index (χ1v) is 39.3. The topological polar surface area (TPSA) is 416 Å². The summed E-state index contributed by atoms with van der Waals surface area (Å²) >= 11 is 0. The number of quaternary nitrogens is 1. The number of nitrogens with zero attached hydrogens (tertiary/aromatic N) is 2. The summed E-state index contributed by atoms with van der Waals surface area (Å²) in [5, 5.41) is 43.6. The molecule has 0 aromatic heterocycles. The molecule has 2 saturated heterocycles. The molecule has 0 unspecified atom stereocenters. The number of ether oxygens (including phenoxy) is 1. The summed E-state index contributed by atoms with van der Waals surface area (Å²) in [4.78, 5) is 204. The predicted molar refractivity (Wildman–Crippen MR) is 414 cm³/mol. The first-order chi connectivity index (χ1) is 50.9. The van der Waals surface area contributed by atoms with Crippen LogP contribution in [0.5, 0.6) is 0 Å². The summed E-state index contributed by atoms with van der Waals surface area (Å²) in [5.74, 6) is -15.0. The minimum absolute atomic E-state index is 0. The summed E-state index contributed by atoms with van der Waals surface area (Å²) in [6.45, 7) is 32.6. The largest absolute Gasteiger partial charge is 1.00 e. The Morgan fingerprint density at radius 1 is 0.600 bits per heavy atom. The normalized spacial score (nSPS) is 22.4. The number of aliphatic hydroxyl groups is 1. The van der Waals surface area contributed by atoms with Crippen LogP contribution in [-0.2, 0) is 78.3 Å². The molecule has 110 heavy (non-hydrogen) atoms. The number of nitrogens with one attached hydrogen (secondary N) is 12. The Kier molecular flexibility index (Phi) is 41.4. The Labute approximate surface area is 658 Å². The fourth-order valence-corrected chi connectivity index (χ4v) is 12.7. The molecule has 1 aromatic carbocycles. The van der Waals surface area contributed by atoms with Crippen LogP contribution in [0.25, 0.3) is 0 Å². The van der Waals surface area contributed by atoms with Crippen molar-refractivity contribution in [3.05, 3.63) is 47.7 Å². The van der Waals surface area contributed by atoms with Crippen LogP contribution in [0, 0.1) is 47.3 Å². The van der Waals surface area contributed by atoms with E-state index in [1.54, 1.807) is 127 Å². The van der Waals surface area contributed by atoms with Gasteiger partial charge in [-0.15, -0.1) is 0 Å². The van der Waals surface area contributed by atoms with Crippen LogP contribution in [0.4, 0.5) is 0 Å². The number of aliphatic hydroxyl groups excluding tert-OH is 1. The number of hydrogen-bond acceptors (Lipinski definition) is 16. The Hall–Kier alpha value is -8.25. The van der Waals surface area contributed by atoms with Crippen molar-refractivity contribution in [3.63, 3.8) is 0 Å². The fourth-order valence-electron chi connectivity index (χ4n) is 12.7. The minimum Gasteiger partial charge on any atom is -1.00 e. The van der Waals surface area contributed by atoms with Gasteiger partial charge >= 0.3 is 5.97 Å². The number of esters is 1. The SMILES string of the molecule is C/C=C1\NC(=O)[C@H](Cc2ccccc2)NC(=O)[C@@H](C(C)C)NC(=O)[C@@H]([C@H](C)CC)NC(=O)[C@H](NC(=O)[C@H](NC(=O)[C@H](CCCC[N+](C)(C)C)NC(=O)[C@H]2CCCN2C(=O)[C@H](NC(=O)[C@@H](NC(=O)[C@@H](NC(=O)[C@H](NC(=O)CC[C@@H](C)CC)C(C)C)[C@@H](C)O)C(C)C)C(C)C)[C@H](C)CC)[C@H](C)OC(=O)[C@H](C(C)C)NC1=O.[Cl-]. The van der Waals surface area contributed by atoms with Gasteiger partial charge in [0.1, 0.15) is 84.3 Å². The van der Waals surface area contributed by atoms with Gasteiger partial charge in [-0.3, -0.25) is 62.3 Å². The van der Waals surface area contributed by atoms with E-state index in [0.717, 1.165) is 6.42 Å². The number of carbonyl (C=O) groups is 14. The number of amides is 13. The Balaban J connectivity index is 0.0000411. The van der Waals surface area contributed by atoms with E-state index in [-0.39, 0.29) is 68.6 Å². The van der Waals surface area contributed by atoms with E-state index >= 15 is 14.4 Å². The maximum Gasteiger partial charge on any atom is 0.329 e. The smallest absolute Gasteiger partial charge is 0.329 e. The highest BCUT2D eigenvalue weighted by Gasteiger charge is 2.45. The second-order valence-electron chi connectivity index (χ2n) is 32.5. The molecule has 17 atom stereocenters. The van der Waals surface area contributed by atoms with E-state index in [4.69, 9.17) is 4.74 Å². The van der Waals surface area contributed by atoms with Gasteiger partial charge in [0.05, 0.1) is 33.8 Å². The summed E-state index contributed by atoms with van der Waals surface area (Å²) in [7, 11) is 6.00. The molecule has 2 aliphatic heterocycles. The van der Waals surface area contributed by atoms with E-state index in [1.165, 1.54) is 31.7 Å². The van der Waals surface area contributed by atoms with Crippen LogP contribution in [0.3, 0.4) is 0 Å². The number of hydrogen-bond donors (Lipinski definition) is 13. The van der Waals surface area contributed by atoms with Gasteiger partial charge in [0.2, 0.25) is 70.9 Å². The van der Waals surface area contributed by atoms with Crippen molar-refractivity contribution in [1.82, 2.24) is 68.7 Å². The van der Waals surface area contributed by atoms with Gasteiger partial charge in [-0.05, 0) is 112 Å². The molecule has 31 heteroatoms. The van der Waals surface area contributed by atoms with Gasteiger partial charge in [-0.2, -0.15) is 0 Å². The first kappa shape index (κ1) is 97.8. The molecule has 0 saturated carbocycles. The highest BCUT2D eigenvalue weighted by Crippen LogP contribution is 2.24. The minimum atomic E-state index is -1.82. The van der Waals surface area contributed by atoms with Crippen LogP contribution in [0.2, 0.25) is 0 Å². The Morgan fingerprint density at radius 2 is 1.14 bits per heavy atom. The summed E-state index contributed by atoms with van der Waals surface area (Å²) in [6.07, 6.45) is 2.09. The molecule has 622 valence electrons. The van der Waals surface area contributed by atoms with E-state index in [1.807, 2.05) is 35.0 Å². The van der Waals surface area contributed by atoms with Crippen LogP contribution in [0.1, 0.15) is 201 Å². The van der Waals surface area contributed by atoms with Crippen LogP contribution in [0.15, 0.2) is 42.1 Å². The first-order valence-electron chi connectivity index (χ1n) is 39.3. The Morgan fingerprint density at radius 3 is 1.66 bits per heavy atom. The lowest BCUT2D eigenvalue weighted by Gasteiger charge is -2.34. The number of likely N-dealkylation sites (tertiary alicyclic amines) is 1. The zero-order valence-electron chi connectivity index (χ0n) is 69.2. The lowest BCUT2D eigenvalue weighted by atomic mass is 9.95. The summed E-state index contributed by atoms with van der Waals surface area (Å²) in [5.41, 5.74) is 0.380. The molecular formula is C79H133ClN14O16. The van der Waals surface area contributed by atoms with Gasteiger partial charge in [-0.1, -0.05) is 166 Å². The molecule has 30 nitrogen and oxygen atoms in total. The lowest BCUT2D eigenvalue weighted by molar-refractivity contribution is -0.870. The maximum absolute atomic E-state index is 15.2. The van der Waals surface area contributed by atoms with Crippen molar-refractivity contribution in [2.24, 2.45) is 47.3 Å². The van der Waals surface area contributed by atoms with Gasteiger partial charge in [0.25, 0.3) is 5.91 Å². The third kappa shape index (κ3) is 30.4. The zero-order valence-corrected chi connectivity index (χ0v) is 70.0. The van der Waals surface area contributed by atoms with E-state index in [2.05, 4.69) is 63.8 Å². The molecule has 13 N–H and O–H groups in total. The van der Waals surface area contributed by atoms with Crippen molar-refractivity contribution in [2.75, 3.05) is 34.2 Å². The Bertz CT molecular complexity index is 3290. The van der Waals surface area contributed by atoms with Gasteiger partial charge in [-0.25, -0.2) is 4.79 Å². The highest BCUT2D eigenvalue weighted by atomic mass is 35.5. The molecule has 0 spiro atoms. The number of unbranched alkanes of at least 4 members (excludes halogenated alkanes) is 1. The van der Waals surface area contributed by atoms with E-state index in [9.17, 15) is 57.8 Å². The van der Waals surface area contributed by atoms with Crippen molar-refractivity contribution >= 4 is 82.8 Å². The second-order valence-corrected chi connectivity index (χ2v) is 32.5. The molecule has 0 radical (unpaired) electrons. The maximum atomic E-state index is 15.2. The summed E-state index contributed by atoms with van der Waals surface area (Å²) in [6, 6.07) is -7.52. The fraction of sp³-hybridized carbons (Fsp3) is 0.722. The number of benzene rings is 1. The third-order valence-electron chi connectivity index (χ3n) is 20.5. The molecule has 2 aliphatic rings. The molecule has 0 bridgehead atoms. The van der Waals surface area contributed by atoms with Gasteiger partial charge in [0, 0.05) is 19.4 Å². The molecule has 2 fully saturated rings. The second kappa shape index (κ2) is 46.5. The molecule has 1 aromatic rings. The van der Waals surface area contributed by atoms with Gasteiger partial charge < -0.3 is 95.4 Å². The third-order valence-corrected chi connectivity index (χ3v) is 20.5. The van der Waals surface area contributed by atoms with Gasteiger partial charge in [0.15, 0.2) is 0 Å². The average Bonchev–Trinajstić information content (AvgIpc) is 1.53. The standard InChI is InChI=1S/C79H132N14O16.ClH/c1-23-47(15)37-38-57(95)83-58(42(5)6)72(101)90-65(50(18)94)76(105)85-60(44(9)10)73(102)86-61(45(11)12)78(107)92-39-32-36-56(92)70(99)81-54(35-30-31-40-93(20,21)22)68(97)88-63(48(16)24-2)75(104)91-66-51(19)109-79(108)62(46(13)14)87-67(96)53(26-4)80-69(98)55(41-52-33-28-27-29-34-52)82-71(100)59(43(7)8)84-74(103)64(49(17)25-3)89-77(66)106;/h26-29,33-34,42-51,54-56,58-66,94H,23-25,30-32,35-41H2,1-22H3,(H11-,80,81,82,83,84,85,86,87,88,89,90,91,95,96,97,98,99,100,101,102,103,104,105,106);1H/b53-26-;/t47-,48+,49+,50+,51-,54-,55-,56+,58+,59+,60-,61+,62-,63+,64+,65-,66+;/m0./s1. The highest BCUT2D eigenvalue weighted by molar-refractivity contribution is 6.03. The quantitative estimate of drug-likeness (QED) is 0.0184. The van der Waals surface area contributed by atoms with Crippen molar-refractivity contribution in [1.29, 1.82) is 0 Å². The van der Waals surface area contributed by atoms with Crippen LogP contribution in [-0.4, -0.2) is 216 Å². The zero-order chi connectivity index (χ0) is 82.6. The van der Waals surface area contributed by atoms with Crippen molar-refractivity contribution in [2.45, 2.75) is 287 Å². The average molecular weight is 1570 g/mol. The lowest BCUT2D eigenvalue weighted by Crippen LogP contribution is -3.00. The monoisotopic (exact) mass is 1570 g/mol. The molecular weight excluding hydrogens is 1440 g/mol. The van der Waals surface area contributed by atoms with Crippen molar-refractivity contribution in [3.8, 4) is 0 Å². The predicted octanol–water partition coefficient (Wildman–Crippen LogP) is -0.0220. The van der Waals surface area contributed by atoms with Crippen LogP contribution < -0.4 is 76.2 Å². The van der Waals surface area contributed by atoms with Crippen molar-refractivity contribution < 1.29 is 93.9 Å². The molecule has 13 amide bonds. The molecule has 0 aliphatic carbocycles. The van der Waals surface area contributed by atoms with E-state index < -0.39 is 203 Å². The number of halogens is 1. The van der Waals surface area contributed by atoms with E-state index in [0.29, 0.717) is 48.7 Å². The number of rotatable bonds is 35. The number of carbonyl (C=O) groups excluding carboxylic acids is 14. The molecule has 2 heterocycles. The number of allylic oxidation sites excluding steroid dienone is 1.